The molecule has 0 aromatic heterocycles. The van der Waals surface area contributed by atoms with Crippen molar-refractivity contribution in [3.63, 3.8) is 0 Å². The number of aliphatic hydroxyl groups is 1. The minimum Gasteiger partial charge on any atom is -0.508 e. The van der Waals surface area contributed by atoms with Gasteiger partial charge >= 0.3 is 5.97 Å². The third-order valence-electron chi connectivity index (χ3n) is 2.16. The maximum absolute atomic E-state index is 11.4. The summed E-state index contributed by atoms with van der Waals surface area (Å²) in [5.74, 6) is -1.91. The standard InChI is InChI=1S/C11H13NO5/c13-6-8(11(16)17)12-10(15)5-7-3-1-2-4-9(7)14/h1-4,8,13-14H,5-6H2,(H,12,15)(H,16,17)/t8-/m0/s1. The number of nitrogens with one attached hydrogen (secondary N) is 1. The first kappa shape index (κ1) is 13.0. The van der Waals surface area contributed by atoms with Crippen LogP contribution in [0.3, 0.4) is 0 Å². The van der Waals surface area contributed by atoms with E-state index < -0.39 is 24.5 Å². The quantitative estimate of drug-likeness (QED) is 0.554. The molecule has 0 saturated carbocycles. The number of phenolic OH excluding ortho intramolecular Hbond substituents is 1. The summed E-state index contributed by atoms with van der Waals surface area (Å²) < 4.78 is 0. The molecule has 6 heteroatoms. The highest BCUT2D eigenvalue weighted by Crippen LogP contribution is 2.15. The van der Waals surface area contributed by atoms with E-state index >= 15 is 0 Å². The zero-order valence-electron chi connectivity index (χ0n) is 8.96. The average molecular weight is 239 g/mol. The van der Waals surface area contributed by atoms with Gasteiger partial charge in [0.05, 0.1) is 13.0 Å². The van der Waals surface area contributed by atoms with Gasteiger partial charge in [-0.1, -0.05) is 18.2 Å². The maximum atomic E-state index is 11.4. The number of hydrogen-bond donors (Lipinski definition) is 4. The van der Waals surface area contributed by atoms with E-state index in [0.29, 0.717) is 5.56 Å². The third-order valence-corrected chi connectivity index (χ3v) is 2.16. The normalized spacial score (nSPS) is 11.8. The Morgan fingerprint density at radius 3 is 2.47 bits per heavy atom. The second-order valence-corrected chi connectivity index (χ2v) is 3.45. The number of aromatic hydroxyl groups is 1. The zero-order chi connectivity index (χ0) is 12.8. The smallest absolute Gasteiger partial charge is 0.328 e. The summed E-state index contributed by atoms with van der Waals surface area (Å²) in [5, 5.41) is 28.9. The Balaban J connectivity index is 2.61. The van der Waals surface area contributed by atoms with Crippen LogP contribution in [0.15, 0.2) is 24.3 Å². The summed E-state index contributed by atoms with van der Waals surface area (Å²) in [6.45, 7) is -0.679. The molecular formula is C11H13NO5. The second kappa shape index (κ2) is 5.86. The number of amides is 1. The first-order valence-electron chi connectivity index (χ1n) is 4.94. The van der Waals surface area contributed by atoms with Crippen LogP contribution in [0.5, 0.6) is 5.75 Å². The highest BCUT2D eigenvalue weighted by atomic mass is 16.4. The third kappa shape index (κ3) is 3.76. The van der Waals surface area contributed by atoms with Crippen molar-refractivity contribution in [3.8, 4) is 5.75 Å². The number of carbonyl (C=O) groups excluding carboxylic acids is 1. The largest absolute Gasteiger partial charge is 0.508 e. The van der Waals surface area contributed by atoms with Crippen molar-refractivity contribution in [2.24, 2.45) is 0 Å². The minimum atomic E-state index is -1.33. The van der Waals surface area contributed by atoms with Gasteiger partial charge in [0.1, 0.15) is 11.8 Å². The average Bonchev–Trinajstić information content (AvgIpc) is 2.28. The summed E-state index contributed by atoms with van der Waals surface area (Å²) in [4.78, 5) is 22.0. The molecule has 0 aliphatic heterocycles. The lowest BCUT2D eigenvalue weighted by atomic mass is 10.1. The lowest BCUT2D eigenvalue weighted by Gasteiger charge is -2.11. The lowest BCUT2D eigenvalue weighted by molar-refractivity contribution is -0.142. The molecule has 0 bridgehead atoms. The van der Waals surface area contributed by atoms with E-state index in [1.54, 1.807) is 18.2 Å². The molecule has 1 aromatic carbocycles. The van der Waals surface area contributed by atoms with Gasteiger partial charge in [-0.05, 0) is 6.07 Å². The molecule has 0 aliphatic rings. The molecular weight excluding hydrogens is 226 g/mol. The van der Waals surface area contributed by atoms with Gasteiger partial charge in [0.25, 0.3) is 0 Å². The van der Waals surface area contributed by atoms with Crippen molar-refractivity contribution in [2.75, 3.05) is 6.61 Å². The number of hydrogen-bond acceptors (Lipinski definition) is 4. The van der Waals surface area contributed by atoms with E-state index in [-0.39, 0.29) is 12.2 Å². The fourth-order valence-corrected chi connectivity index (χ4v) is 1.26. The van der Waals surface area contributed by atoms with Gasteiger partial charge in [-0.2, -0.15) is 0 Å². The van der Waals surface area contributed by atoms with Gasteiger partial charge in [0.2, 0.25) is 5.91 Å². The van der Waals surface area contributed by atoms with Crippen LogP contribution in [0.4, 0.5) is 0 Å². The van der Waals surface area contributed by atoms with Crippen LogP contribution in [0.25, 0.3) is 0 Å². The first-order chi connectivity index (χ1) is 8.04. The number of benzene rings is 1. The Labute approximate surface area is 97.5 Å². The molecule has 0 radical (unpaired) electrons. The molecule has 92 valence electrons. The van der Waals surface area contributed by atoms with E-state index in [1.807, 2.05) is 0 Å². The maximum Gasteiger partial charge on any atom is 0.328 e. The van der Waals surface area contributed by atoms with Gasteiger partial charge in [-0.3, -0.25) is 4.79 Å². The molecule has 4 N–H and O–H groups in total. The molecule has 1 aromatic rings. The van der Waals surface area contributed by atoms with Crippen LogP contribution in [0.1, 0.15) is 5.56 Å². The molecule has 6 nitrogen and oxygen atoms in total. The van der Waals surface area contributed by atoms with Crippen LogP contribution in [-0.4, -0.2) is 39.8 Å². The molecule has 17 heavy (non-hydrogen) atoms. The predicted octanol–water partition coefficient (Wildman–Crippen LogP) is -0.504. The molecule has 1 amide bonds. The predicted molar refractivity (Wildman–Crippen MR) is 58.5 cm³/mol. The molecule has 0 heterocycles. The number of aliphatic carboxylic acids is 1. The number of aliphatic hydroxyl groups excluding tert-OH is 1. The molecule has 0 saturated heterocycles. The van der Waals surface area contributed by atoms with Crippen molar-refractivity contribution >= 4 is 11.9 Å². The number of carboxylic acid groups (broad SMARTS) is 1. The topological polar surface area (TPSA) is 107 Å². The number of phenols is 1. The molecule has 0 aliphatic carbocycles. The highest BCUT2D eigenvalue weighted by Gasteiger charge is 2.19. The molecule has 0 unspecified atom stereocenters. The Morgan fingerprint density at radius 2 is 1.94 bits per heavy atom. The summed E-state index contributed by atoms with van der Waals surface area (Å²) in [6.07, 6.45) is -0.142. The number of carbonyl (C=O) groups is 2. The number of carboxylic acids is 1. The Hall–Kier alpha value is -2.08. The van der Waals surface area contributed by atoms with Crippen molar-refractivity contribution in [1.82, 2.24) is 5.32 Å². The van der Waals surface area contributed by atoms with Crippen LogP contribution in [0, 0.1) is 0 Å². The van der Waals surface area contributed by atoms with Crippen LogP contribution in [-0.2, 0) is 16.0 Å². The Morgan fingerprint density at radius 1 is 1.29 bits per heavy atom. The number of rotatable bonds is 5. The SMILES string of the molecule is O=C(Cc1ccccc1O)N[C@@H](CO)C(=O)O. The minimum absolute atomic E-state index is 0.0291. The van der Waals surface area contributed by atoms with Gasteiger partial charge in [0.15, 0.2) is 0 Å². The summed E-state index contributed by atoms with van der Waals surface area (Å²) >= 11 is 0. The van der Waals surface area contributed by atoms with E-state index in [4.69, 9.17) is 10.2 Å². The van der Waals surface area contributed by atoms with Gasteiger partial charge in [-0.25, -0.2) is 4.79 Å². The summed E-state index contributed by atoms with van der Waals surface area (Å²) in [5.41, 5.74) is 0.395. The van der Waals surface area contributed by atoms with Crippen molar-refractivity contribution in [1.29, 1.82) is 0 Å². The van der Waals surface area contributed by atoms with Gasteiger partial charge in [0, 0.05) is 5.56 Å². The van der Waals surface area contributed by atoms with E-state index in [2.05, 4.69) is 5.32 Å². The van der Waals surface area contributed by atoms with E-state index in [0.717, 1.165) is 0 Å². The zero-order valence-corrected chi connectivity index (χ0v) is 8.96. The molecule has 1 rings (SSSR count). The summed E-state index contributed by atoms with van der Waals surface area (Å²) in [7, 11) is 0. The summed E-state index contributed by atoms with van der Waals surface area (Å²) in [6, 6.07) is 4.94. The molecule has 0 spiro atoms. The van der Waals surface area contributed by atoms with Crippen molar-refractivity contribution in [3.05, 3.63) is 29.8 Å². The fourth-order valence-electron chi connectivity index (χ4n) is 1.26. The van der Waals surface area contributed by atoms with Crippen molar-refractivity contribution in [2.45, 2.75) is 12.5 Å². The second-order valence-electron chi connectivity index (χ2n) is 3.45. The van der Waals surface area contributed by atoms with Gasteiger partial charge in [-0.15, -0.1) is 0 Å². The van der Waals surface area contributed by atoms with Crippen molar-refractivity contribution < 1.29 is 24.9 Å². The fraction of sp³-hybridized carbons (Fsp3) is 0.273. The molecule has 0 fully saturated rings. The van der Waals surface area contributed by atoms with E-state index in [9.17, 15) is 14.7 Å². The van der Waals surface area contributed by atoms with Crippen LogP contribution in [0.2, 0.25) is 0 Å². The number of para-hydroxylation sites is 1. The van der Waals surface area contributed by atoms with Crippen LogP contribution < -0.4 is 5.32 Å². The van der Waals surface area contributed by atoms with Gasteiger partial charge < -0.3 is 20.6 Å². The lowest BCUT2D eigenvalue weighted by Crippen LogP contribution is -2.43. The highest BCUT2D eigenvalue weighted by molar-refractivity contribution is 5.85. The Kier molecular flexibility index (Phi) is 4.47. The molecule has 1 atom stereocenters. The first-order valence-corrected chi connectivity index (χ1v) is 4.94. The van der Waals surface area contributed by atoms with Crippen LogP contribution >= 0.6 is 0 Å². The monoisotopic (exact) mass is 239 g/mol. The van der Waals surface area contributed by atoms with E-state index in [1.165, 1.54) is 6.07 Å². The Bertz CT molecular complexity index is 418.